The fourth-order valence-electron chi connectivity index (χ4n) is 4.96. The Balaban J connectivity index is 1.15. The van der Waals surface area contributed by atoms with Gasteiger partial charge in [-0.3, -0.25) is 4.90 Å². The second kappa shape index (κ2) is 6.26. The van der Waals surface area contributed by atoms with E-state index in [4.69, 9.17) is 10.7 Å². The zero-order valence-electron chi connectivity index (χ0n) is 14.6. The molecule has 4 nitrogen and oxygen atoms in total. The Morgan fingerprint density at radius 1 is 1.12 bits per heavy atom. The van der Waals surface area contributed by atoms with E-state index in [2.05, 4.69) is 9.80 Å². The molecule has 132 valence electrons. The van der Waals surface area contributed by atoms with Crippen LogP contribution in [0.4, 0.5) is 5.13 Å². The van der Waals surface area contributed by atoms with Crippen molar-refractivity contribution in [1.29, 1.82) is 0 Å². The molecule has 0 bridgehead atoms. The Hall–Kier alpha value is -0.650. The highest BCUT2D eigenvalue weighted by Crippen LogP contribution is 2.47. The Morgan fingerprint density at radius 2 is 1.92 bits per heavy atom. The second-order valence-electron chi connectivity index (χ2n) is 8.62. The van der Waals surface area contributed by atoms with Crippen LogP contribution in [0.25, 0.3) is 0 Å². The largest absolute Gasteiger partial charge is 0.348 e. The molecule has 2 aliphatic carbocycles. The van der Waals surface area contributed by atoms with Crippen molar-refractivity contribution in [3.8, 4) is 0 Å². The number of thiazole rings is 1. The van der Waals surface area contributed by atoms with Gasteiger partial charge in [0.15, 0.2) is 5.13 Å². The van der Waals surface area contributed by atoms with Crippen LogP contribution < -0.4 is 10.6 Å². The number of nitrogens with two attached hydrogens (primary N) is 1. The third kappa shape index (κ3) is 3.11. The highest BCUT2D eigenvalue weighted by Gasteiger charge is 2.46. The van der Waals surface area contributed by atoms with Crippen molar-refractivity contribution >= 4 is 16.5 Å². The molecular formula is C19H30N4S. The third-order valence-corrected chi connectivity index (χ3v) is 8.01. The van der Waals surface area contributed by atoms with Crippen LogP contribution in [-0.2, 0) is 13.0 Å². The van der Waals surface area contributed by atoms with Gasteiger partial charge in [0.05, 0.1) is 5.69 Å². The van der Waals surface area contributed by atoms with Crippen LogP contribution in [0, 0.1) is 17.8 Å². The minimum absolute atomic E-state index is 0.476. The van der Waals surface area contributed by atoms with Gasteiger partial charge in [-0.05, 0) is 69.2 Å². The summed E-state index contributed by atoms with van der Waals surface area (Å²) in [7, 11) is 0. The average Bonchev–Trinajstić information content (AvgIpc) is 3.03. The minimum atomic E-state index is 0.476. The van der Waals surface area contributed by atoms with Gasteiger partial charge < -0.3 is 10.6 Å². The van der Waals surface area contributed by atoms with E-state index >= 15 is 0 Å². The van der Waals surface area contributed by atoms with Gasteiger partial charge in [-0.2, -0.15) is 0 Å². The lowest BCUT2D eigenvalue weighted by molar-refractivity contribution is 0.212. The Labute approximate surface area is 149 Å². The summed E-state index contributed by atoms with van der Waals surface area (Å²) in [5, 5.41) is 1.32. The summed E-state index contributed by atoms with van der Waals surface area (Å²) in [4.78, 5) is 11.8. The van der Waals surface area contributed by atoms with Crippen LogP contribution in [-0.4, -0.2) is 42.1 Å². The van der Waals surface area contributed by atoms with Gasteiger partial charge >= 0.3 is 0 Å². The molecule has 2 atom stereocenters. The van der Waals surface area contributed by atoms with Crippen molar-refractivity contribution in [3.63, 3.8) is 0 Å². The molecular weight excluding hydrogens is 316 g/mol. The molecule has 24 heavy (non-hydrogen) atoms. The maximum atomic E-state index is 6.03. The van der Waals surface area contributed by atoms with Crippen LogP contribution >= 0.6 is 11.3 Å². The highest BCUT2D eigenvalue weighted by molar-refractivity contribution is 7.15. The molecule has 2 aliphatic heterocycles. The average molecular weight is 347 g/mol. The van der Waals surface area contributed by atoms with Crippen LogP contribution in [0.2, 0.25) is 0 Å². The number of hydrogen-bond donors (Lipinski definition) is 1. The van der Waals surface area contributed by atoms with Crippen molar-refractivity contribution in [2.45, 2.75) is 57.5 Å². The summed E-state index contributed by atoms with van der Waals surface area (Å²) >= 11 is 1.98. The fraction of sp³-hybridized carbons (Fsp3) is 0.842. The van der Waals surface area contributed by atoms with Gasteiger partial charge in [0.2, 0.25) is 0 Å². The van der Waals surface area contributed by atoms with E-state index in [1.54, 1.807) is 4.88 Å². The zero-order chi connectivity index (χ0) is 16.1. The minimum Gasteiger partial charge on any atom is -0.348 e. The summed E-state index contributed by atoms with van der Waals surface area (Å²) in [5.41, 5.74) is 7.41. The Kier molecular flexibility index (Phi) is 4.07. The predicted octanol–water partition coefficient (Wildman–Crippen LogP) is 2.86. The summed E-state index contributed by atoms with van der Waals surface area (Å²) in [6, 6.07) is 0.476. The Bertz CT molecular complexity index is 582. The molecule has 1 saturated heterocycles. The van der Waals surface area contributed by atoms with Crippen molar-refractivity contribution < 1.29 is 0 Å². The first-order chi connectivity index (χ1) is 11.7. The molecule has 1 aromatic heterocycles. The smallest absolute Gasteiger partial charge is 0.185 e. The van der Waals surface area contributed by atoms with E-state index in [0.29, 0.717) is 6.04 Å². The lowest BCUT2D eigenvalue weighted by atomic mass is 9.84. The van der Waals surface area contributed by atoms with E-state index in [9.17, 15) is 0 Å². The second-order valence-corrected chi connectivity index (χ2v) is 9.68. The molecule has 0 aromatic carbocycles. The first-order valence-corrected chi connectivity index (χ1v) is 10.8. The number of rotatable bonds is 4. The van der Waals surface area contributed by atoms with Gasteiger partial charge in [-0.15, -0.1) is 11.3 Å². The molecule has 3 heterocycles. The van der Waals surface area contributed by atoms with Gasteiger partial charge in [0, 0.05) is 37.1 Å². The van der Waals surface area contributed by atoms with Crippen molar-refractivity contribution in [2.75, 3.05) is 31.1 Å². The maximum absolute atomic E-state index is 6.03. The molecule has 2 unspecified atom stereocenters. The quantitative estimate of drug-likeness (QED) is 0.910. The van der Waals surface area contributed by atoms with E-state index in [1.165, 1.54) is 82.0 Å². The standard InChI is InChI=1S/C19H30N4S/c20-16-3-1-13(2-4-16)5-7-22-8-6-18-17(12-22)21-19(24-18)23-10-14-9-15(14)11-23/h13-16H,1-12,20H2. The summed E-state index contributed by atoms with van der Waals surface area (Å²) in [6.07, 6.45) is 9.21. The predicted molar refractivity (Wildman–Crippen MR) is 99.5 cm³/mol. The van der Waals surface area contributed by atoms with Crippen LogP contribution in [0.5, 0.6) is 0 Å². The van der Waals surface area contributed by atoms with E-state index in [1.807, 2.05) is 11.3 Å². The van der Waals surface area contributed by atoms with Crippen LogP contribution in [0.3, 0.4) is 0 Å². The molecule has 5 rings (SSSR count). The summed E-state index contributed by atoms with van der Waals surface area (Å²) < 4.78 is 0. The number of piperidine rings is 1. The monoisotopic (exact) mass is 346 g/mol. The lowest BCUT2D eigenvalue weighted by Crippen LogP contribution is -2.33. The molecule has 5 heteroatoms. The van der Waals surface area contributed by atoms with Crippen molar-refractivity contribution in [1.82, 2.24) is 9.88 Å². The van der Waals surface area contributed by atoms with E-state index < -0.39 is 0 Å². The maximum Gasteiger partial charge on any atom is 0.185 e. The first-order valence-electron chi connectivity index (χ1n) is 9.96. The molecule has 2 saturated carbocycles. The molecule has 2 N–H and O–H groups in total. The highest BCUT2D eigenvalue weighted by atomic mass is 32.1. The molecule has 3 fully saturated rings. The van der Waals surface area contributed by atoms with Gasteiger partial charge in [-0.25, -0.2) is 4.98 Å². The van der Waals surface area contributed by atoms with Crippen LogP contribution in [0.15, 0.2) is 0 Å². The third-order valence-electron chi connectivity index (χ3n) is 6.79. The SMILES string of the molecule is NC1CCC(CCN2CCc3sc(N4CC5CC5C4)nc3C2)CC1. The topological polar surface area (TPSA) is 45.4 Å². The van der Waals surface area contributed by atoms with Crippen LogP contribution in [0.1, 0.15) is 49.1 Å². The fourth-order valence-corrected chi connectivity index (χ4v) is 6.04. The normalized spacial score (nSPS) is 35.8. The number of anilines is 1. The number of fused-ring (bicyclic) bond motifs is 2. The molecule has 0 radical (unpaired) electrons. The molecule has 4 aliphatic rings. The molecule has 0 amide bonds. The van der Waals surface area contributed by atoms with Gasteiger partial charge in [0.25, 0.3) is 0 Å². The van der Waals surface area contributed by atoms with E-state index in [0.717, 1.165) is 24.3 Å². The first kappa shape index (κ1) is 15.6. The molecule has 1 aromatic rings. The number of nitrogens with zero attached hydrogens (tertiary/aromatic N) is 3. The Morgan fingerprint density at radius 3 is 2.71 bits per heavy atom. The molecule has 0 spiro atoms. The number of hydrogen-bond acceptors (Lipinski definition) is 5. The van der Waals surface area contributed by atoms with Crippen molar-refractivity contribution in [2.24, 2.45) is 23.5 Å². The zero-order valence-corrected chi connectivity index (χ0v) is 15.4. The van der Waals surface area contributed by atoms with Gasteiger partial charge in [-0.1, -0.05) is 0 Å². The number of aromatic nitrogens is 1. The van der Waals surface area contributed by atoms with Gasteiger partial charge in [0.1, 0.15) is 0 Å². The lowest BCUT2D eigenvalue weighted by Gasteiger charge is -2.30. The van der Waals surface area contributed by atoms with E-state index in [-0.39, 0.29) is 0 Å². The van der Waals surface area contributed by atoms with Crippen molar-refractivity contribution in [3.05, 3.63) is 10.6 Å². The summed E-state index contributed by atoms with van der Waals surface area (Å²) in [6.45, 7) is 6.10. The summed E-state index contributed by atoms with van der Waals surface area (Å²) in [5.74, 6) is 2.89.